The number of nitrogens with zero attached hydrogens (tertiary/aromatic N) is 3. The first-order valence-corrected chi connectivity index (χ1v) is 11.0. The molecule has 2 heterocycles. The largest absolute Gasteiger partial charge is 0.573 e. The van der Waals surface area contributed by atoms with E-state index in [4.69, 9.17) is 83.2 Å². The third-order valence-corrected chi connectivity index (χ3v) is 6.10. The highest BCUT2D eigenvalue weighted by Gasteiger charge is 2.52. The zero-order valence-corrected chi connectivity index (χ0v) is 20.4. The lowest BCUT2D eigenvalue weighted by atomic mass is 9.37. The number of rotatable bonds is 4. The summed E-state index contributed by atoms with van der Waals surface area (Å²) in [5, 5.41) is -7.50. The van der Waals surface area contributed by atoms with E-state index in [9.17, 15) is 18.0 Å². The van der Waals surface area contributed by atoms with Crippen LogP contribution in [0.5, 0.6) is 11.5 Å². The van der Waals surface area contributed by atoms with Gasteiger partial charge in [-0.05, 0) is 34.7 Å². The van der Waals surface area contributed by atoms with Crippen LogP contribution in [0.4, 0.5) is 13.2 Å². The van der Waals surface area contributed by atoms with E-state index in [1.807, 2.05) is 0 Å². The molecule has 0 unspecified atom stereocenters. The Kier molecular flexibility index (Phi) is 7.38. The molecule has 40 heavy (non-hydrogen) atoms. The van der Waals surface area contributed by atoms with Crippen molar-refractivity contribution < 1.29 is 27.4 Å². The minimum atomic E-state index is -5.15. The molecule has 20 radical (unpaired) electrons. The van der Waals surface area contributed by atoms with Gasteiger partial charge >= 0.3 is 6.36 Å². The molecular weight excluding hydrogens is 507 g/mol. The molecule has 1 aliphatic rings. The van der Waals surface area contributed by atoms with Gasteiger partial charge in [0.15, 0.2) is 0 Å². The van der Waals surface area contributed by atoms with Crippen molar-refractivity contribution in [2.45, 2.75) is 22.4 Å². The van der Waals surface area contributed by atoms with Crippen LogP contribution in [0, 0.1) is 0 Å². The first-order valence-electron chi connectivity index (χ1n) is 11.0. The first kappa shape index (κ1) is 30.0. The van der Waals surface area contributed by atoms with Crippen LogP contribution in [0.2, 0.25) is 0 Å². The molecule has 0 N–H and O–H groups in total. The van der Waals surface area contributed by atoms with Crippen LogP contribution < -0.4 is 31.3 Å². The van der Waals surface area contributed by atoms with Crippen molar-refractivity contribution >= 4 is 106 Å². The predicted molar refractivity (Wildman–Crippen MR) is 151 cm³/mol. The van der Waals surface area contributed by atoms with Gasteiger partial charge in [-0.1, -0.05) is 27.9 Å². The molecule has 174 valence electrons. The van der Waals surface area contributed by atoms with Crippen molar-refractivity contribution in [2.24, 2.45) is 0 Å². The summed E-state index contributed by atoms with van der Waals surface area (Å²) < 4.78 is 48.2. The lowest BCUT2D eigenvalue weighted by Crippen LogP contribution is -2.74. The average Bonchev–Trinajstić information content (AvgIpc) is 2.91. The van der Waals surface area contributed by atoms with E-state index in [0.717, 1.165) is 6.07 Å². The molecular formula is C21H6B10F3N3O3. The zero-order valence-electron chi connectivity index (χ0n) is 20.4. The van der Waals surface area contributed by atoms with Gasteiger partial charge in [-0.15, -0.1) is 13.2 Å². The number of benzene rings is 2. The van der Waals surface area contributed by atoms with Gasteiger partial charge in [0, 0.05) is 23.1 Å². The number of amides is 1. The second-order valence-electron chi connectivity index (χ2n) is 8.88. The second-order valence-corrected chi connectivity index (χ2v) is 8.88. The summed E-state index contributed by atoms with van der Waals surface area (Å²) in [7, 11) is 60.8. The number of hydrogen-bond acceptors (Lipinski definition) is 5. The molecule has 0 spiro atoms. The van der Waals surface area contributed by atoms with Gasteiger partial charge in [-0.3, -0.25) is 4.79 Å². The molecule has 1 aromatic heterocycles. The Morgan fingerprint density at radius 3 is 1.98 bits per heavy atom. The van der Waals surface area contributed by atoms with E-state index in [1.54, 1.807) is 0 Å². The summed E-state index contributed by atoms with van der Waals surface area (Å²) in [5.41, 5.74) is -2.60. The van der Waals surface area contributed by atoms with E-state index in [2.05, 4.69) is 14.7 Å². The molecule has 19 heteroatoms. The van der Waals surface area contributed by atoms with E-state index in [1.165, 1.54) is 30.6 Å². The molecule has 4 rings (SSSR count). The minimum absolute atomic E-state index is 0.0411. The summed E-state index contributed by atoms with van der Waals surface area (Å²) >= 11 is 0. The van der Waals surface area contributed by atoms with Crippen molar-refractivity contribution in [1.82, 2.24) is 14.9 Å². The van der Waals surface area contributed by atoms with Crippen molar-refractivity contribution in [3.05, 3.63) is 48.0 Å². The van der Waals surface area contributed by atoms with Crippen molar-refractivity contribution in [3.63, 3.8) is 0 Å². The Hall–Kier alpha value is -2.97. The number of aromatic nitrogens is 2. The fourth-order valence-electron chi connectivity index (χ4n) is 4.09. The third kappa shape index (κ3) is 4.90. The summed E-state index contributed by atoms with van der Waals surface area (Å²) in [6.45, 7) is 0. The monoisotopic (exact) mass is 515 g/mol. The quantitative estimate of drug-likeness (QED) is 0.335. The molecule has 2 aromatic carbocycles. The van der Waals surface area contributed by atoms with Gasteiger partial charge in [0.05, 0.1) is 21.3 Å². The van der Waals surface area contributed by atoms with Crippen molar-refractivity contribution in [2.75, 3.05) is 0 Å². The van der Waals surface area contributed by atoms with Crippen LogP contribution in [0.1, 0.15) is 16.2 Å². The highest BCUT2D eigenvalue weighted by Crippen LogP contribution is 2.40. The number of carbonyl (C=O) groups excluding carboxylic acids is 1. The highest BCUT2D eigenvalue weighted by atomic mass is 19.4. The molecule has 1 amide bonds. The molecule has 6 nitrogen and oxygen atoms in total. The van der Waals surface area contributed by atoms with Gasteiger partial charge in [-0.25, -0.2) is 9.97 Å². The van der Waals surface area contributed by atoms with Gasteiger partial charge in [-0.2, -0.15) is 0 Å². The number of fused-ring (bicyclic) bond motifs is 1. The maximum absolute atomic E-state index is 14.0. The Morgan fingerprint density at radius 1 is 0.900 bits per heavy atom. The summed E-state index contributed by atoms with van der Waals surface area (Å²) in [6, 6.07) is 5.15. The number of ether oxygens (including phenoxy) is 2. The van der Waals surface area contributed by atoms with Crippen LogP contribution in [-0.4, -0.2) is 116 Å². The fraction of sp³-hybridized carbons (Fsp3) is 0.190. The molecule has 0 saturated carbocycles. The smallest absolute Gasteiger partial charge is 0.505 e. The fourth-order valence-corrected chi connectivity index (χ4v) is 4.09. The number of alkyl halides is 3. The Morgan fingerprint density at radius 2 is 1.45 bits per heavy atom. The standard InChI is InChI=1S/C21H6B10F3N3O3/c22-11-10(12(23)14(25)15(13(11)24)40-21(32,33)34)7-2-3-9-8(6-7)16(38)37(19(28,29)20(30,31)39-9)18(26,27)17-35-4-1-5-36-17/h1-6H. The van der Waals surface area contributed by atoms with Crippen molar-refractivity contribution in [1.29, 1.82) is 0 Å². The normalized spacial score (nSPS) is 16.5. The number of hydrogen-bond donors (Lipinski definition) is 0. The third-order valence-electron chi connectivity index (χ3n) is 6.10. The van der Waals surface area contributed by atoms with Crippen LogP contribution >= 0.6 is 0 Å². The molecule has 1 aliphatic heterocycles. The molecule has 0 fully saturated rings. The summed E-state index contributed by atoms with van der Waals surface area (Å²) in [4.78, 5) is 22.4. The lowest BCUT2D eigenvalue weighted by Gasteiger charge is -2.55. The van der Waals surface area contributed by atoms with Gasteiger partial charge in [0.2, 0.25) is 0 Å². The first-order chi connectivity index (χ1) is 18.3. The zero-order chi connectivity index (χ0) is 30.0. The number of carbonyl (C=O) groups is 1. The topological polar surface area (TPSA) is 64.6 Å². The molecule has 0 aliphatic carbocycles. The van der Waals surface area contributed by atoms with Gasteiger partial charge in [0.25, 0.3) is 5.91 Å². The SMILES string of the molecule is [B]c1c([B])c(-c2ccc3c(c2)C(=O)N(C([B])([B])c2ncccn2)C([B])([B])C([B])([B])O3)c([B])c([B])c1OC(F)(F)F. The van der Waals surface area contributed by atoms with Gasteiger partial charge in [0.1, 0.15) is 80.1 Å². The molecule has 3 aromatic rings. The maximum atomic E-state index is 14.0. The van der Waals surface area contributed by atoms with E-state index < -0.39 is 55.9 Å². The van der Waals surface area contributed by atoms with Gasteiger partial charge < -0.3 is 14.4 Å². The van der Waals surface area contributed by atoms with Crippen LogP contribution in [0.25, 0.3) is 11.1 Å². The van der Waals surface area contributed by atoms with Crippen LogP contribution in [0.15, 0.2) is 36.7 Å². The summed E-state index contributed by atoms with van der Waals surface area (Å²) in [5.74, 6) is -2.58. The number of halogens is 3. The van der Waals surface area contributed by atoms with Crippen molar-refractivity contribution in [3.8, 4) is 22.6 Å². The van der Waals surface area contributed by atoms with E-state index in [0.29, 0.717) is 4.90 Å². The minimum Gasteiger partial charge on any atom is -0.505 e. The Bertz CT molecular complexity index is 1480. The summed E-state index contributed by atoms with van der Waals surface area (Å²) in [6.07, 6.45) is -2.56. The average molecular weight is 513 g/mol. The van der Waals surface area contributed by atoms with Crippen LogP contribution in [-0.2, 0) is 5.34 Å². The maximum Gasteiger partial charge on any atom is 0.573 e. The van der Waals surface area contributed by atoms with E-state index >= 15 is 0 Å². The predicted octanol–water partition coefficient (Wildman–Crippen LogP) is -3.82. The molecule has 0 saturated heterocycles. The molecule has 0 atom stereocenters. The van der Waals surface area contributed by atoms with Crippen LogP contribution in [0.3, 0.4) is 0 Å². The lowest BCUT2D eigenvalue weighted by molar-refractivity contribution is -0.273. The highest BCUT2D eigenvalue weighted by molar-refractivity contribution is 6.61. The Balaban J connectivity index is 1.94. The second kappa shape index (κ2) is 9.84. The molecule has 0 bridgehead atoms. The Labute approximate surface area is 241 Å². The van der Waals surface area contributed by atoms with E-state index in [-0.39, 0.29) is 28.3 Å².